The topological polar surface area (TPSA) is 96.4 Å². The fourth-order valence-electron chi connectivity index (χ4n) is 5.70. The lowest BCUT2D eigenvalue weighted by Crippen LogP contribution is -2.60. The zero-order valence-electron chi connectivity index (χ0n) is 19.3. The Kier molecular flexibility index (Phi) is 6.20. The molecule has 32 heavy (non-hydrogen) atoms. The highest BCUT2D eigenvalue weighted by atomic mass is 16.6. The maximum absolute atomic E-state index is 14.0. The summed E-state index contributed by atoms with van der Waals surface area (Å²) in [6.45, 7) is 8.20. The summed E-state index contributed by atoms with van der Waals surface area (Å²) in [5.41, 5.74) is -1.28. The van der Waals surface area contributed by atoms with E-state index in [1.165, 1.54) is 4.90 Å². The highest BCUT2D eigenvalue weighted by molar-refractivity contribution is 5.99. The molecule has 7 atom stereocenters. The summed E-state index contributed by atoms with van der Waals surface area (Å²) in [7, 11) is 0. The number of cyclic esters (lactones) is 1. The van der Waals surface area contributed by atoms with Crippen LogP contribution in [0.5, 0.6) is 0 Å². The number of nitrogens with zero attached hydrogens (tertiary/aromatic N) is 2. The third-order valence-electron chi connectivity index (χ3n) is 7.56. The number of hydrogen-bond donors (Lipinski definition) is 1. The van der Waals surface area contributed by atoms with Crippen LogP contribution in [0.1, 0.15) is 40.5 Å². The van der Waals surface area contributed by atoms with Crippen molar-refractivity contribution >= 4 is 17.8 Å². The lowest BCUT2D eigenvalue weighted by Gasteiger charge is -2.41. The van der Waals surface area contributed by atoms with Gasteiger partial charge in [-0.1, -0.05) is 44.6 Å². The van der Waals surface area contributed by atoms with E-state index < -0.39 is 41.6 Å². The summed E-state index contributed by atoms with van der Waals surface area (Å²) in [5, 5.41) is 10.3. The summed E-state index contributed by atoms with van der Waals surface area (Å²) < 4.78 is 11.9. The van der Waals surface area contributed by atoms with Gasteiger partial charge in [0.2, 0.25) is 11.8 Å². The number of carbonyl (C=O) groups is 3. The second kappa shape index (κ2) is 8.63. The molecule has 4 aliphatic rings. The van der Waals surface area contributed by atoms with Gasteiger partial charge in [-0.25, -0.2) is 0 Å². The zero-order valence-corrected chi connectivity index (χ0v) is 19.3. The van der Waals surface area contributed by atoms with Crippen molar-refractivity contribution in [3.8, 4) is 0 Å². The minimum absolute atomic E-state index is 0.0349. The molecule has 4 rings (SSSR count). The maximum Gasteiger partial charge on any atom is 0.312 e. The van der Waals surface area contributed by atoms with E-state index in [0.29, 0.717) is 13.0 Å². The van der Waals surface area contributed by atoms with Gasteiger partial charge in [0.05, 0.1) is 31.3 Å². The van der Waals surface area contributed by atoms with Crippen LogP contribution in [0.25, 0.3) is 0 Å². The predicted molar refractivity (Wildman–Crippen MR) is 116 cm³/mol. The Morgan fingerprint density at radius 2 is 1.94 bits per heavy atom. The molecule has 1 spiro atoms. The molecule has 0 saturated carbocycles. The van der Waals surface area contributed by atoms with Crippen LogP contribution in [-0.4, -0.2) is 82.3 Å². The van der Waals surface area contributed by atoms with E-state index in [1.54, 1.807) is 4.90 Å². The summed E-state index contributed by atoms with van der Waals surface area (Å²) in [6.07, 6.45) is 8.09. The van der Waals surface area contributed by atoms with E-state index in [4.69, 9.17) is 9.47 Å². The van der Waals surface area contributed by atoms with Crippen molar-refractivity contribution in [3.63, 3.8) is 0 Å². The maximum atomic E-state index is 14.0. The Morgan fingerprint density at radius 3 is 2.59 bits per heavy atom. The molecular weight excluding hydrogens is 412 g/mol. The van der Waals surface area contributed by atoms with Crippen LogP contribution >= 0.6 is 0 Å². The molecule has 2 amide bonds. The van der Waals surface area contributed by atoms with E-state index in [-0.39, 0.29) is 37.0 Å². The average molecular weight is 447 g/mol. The van der Waals surface area contributed by atoms with Crippen LogP contribution in [0.4, 0.5) is 0 Å². The highest BCUT2D eigenvalue weighted by Crippen LogP contribution is 2.54. The average Bonchev–Trinajstić information content (AvgIpc) is 3.12. The van der Waals surface area contributed by atoms with Gasteiger partial charge < -0.3 is 24.4 Å². The lowest BCUT2D eigenvalue weighted by atomic mass is 9.77. The summed E-state index contributed by atoms with van der Waals surface area (Å²) in [4.78, 5) is 44.2. The molecule has 2 fully saturated rings. The number of likely N-dealkylation sites (tertiary alicyclic amines) is 1. The first-order chi connectivity index (χ1) is 15.3. The molecule has 2 saturated heterocycles. The fourth-order valence-corrected chi connectivity index (χ4v) is 5.70. The Morgan fingerprint density at radius 1 is 1.19 bits per heavy atom. The number of hydrogen-bond acceptors (Lipinski definition) is 6. The fraction of sp³-hybridized carbons (Fsp3) is 0.708. The molecule has 0 aromatic heterocycles. The largest absolute Gasteiger partial charge is 0.465 e. The number of aliphatic hydroxyl groups is 1. The van der Waals surface area contributed by atoms with Crippen molar-refractivity contribution in [1.82, 2.24) is 9.80 Å². The van der Waals surface area contributed by atoms with Gasteiger partial charge in [0.15, 0.2) is 0 Å². The minimum atomic E-state index is -1.28. The SMILES string of the molecule is CC[C@H](C)[C@H](CO)N1C(=O)[C@@H]2[C@@H]3C(=O)OCCC=C[C@@H]3O[C@@]23C=CCN(C(C)C)C(=O)C13. The van der Waals surface area contributed by atoms with Crippen LogP contribution in [-0.2, 0) is 23.9 Å². The Balaban J connectivity index is 1.88. The molecule has 0 aromatic rings. The van der Waals surface area contributed by atoms with Gasteiger partial charge in [-0.3, -0.25) is 14.4 Å². The normalized spacial score (nSPS) is 36.2. The monoisotopic (exact) mass is 446 g/mol. The first kappa shape index (κ1) is 23.0. The number of aliphatic hydroxyl groups excluding tert-OH is 1. The quantitative estimate of drug-likeness (QED) is 0.505. The van der Waals surface area contributed by atoms with E-state index in [2.05, 4.69) is 0 Å². The number of fused-ring (bicyclic) bond motifs is 2. The smallest absolute Gasteiger partial charge is 0.312 e. The molecule has 4 aliphatic heterocycles. The molecule has 0 radical (unpaired) electrons. The van der Waals surface area contributed by atoms with Crippen LogP contribution in [0.15, 0.2) is 24.3 Å². The molecule has 0 aromatic carbocycles. The molecule has 176 valence electrons. The van der Waals surface area contributed by atoms with Gasteiger partial charge in [-0.05, 0) is 26.2 Å². The van der Waals surface area contributed by atoms with Gasteiger partial charge in [0.25, 0.3) is 0 Å². The first-order valence-corrected chi connectivity index (χ1v) is 11.7. The zero-order chi connectivity index (χ0) is 23.2. The Labute approximate surface area is 189 Å². The third-order valence-corrected chi connectivity index (χ3v) is 7.56. The molecule has 8 heteroatoms. The number of amides is 2. The van der Waals surface area contributed by atoms with Crippen LogP contribution in [0.2, 0.25) is 0 Å². The molecule has 1 unspecified atom stereocenters. The number of esters is 1. The minimum Gasteiger partial charge on any atom is -0.465 e. The molecule has 4 heterocycles. The molecular formula is C24H34N2O6. The van der Waals surface area contributed by atoms with Crippen molar-refractivity contribution in [2.24, 2.45) is 17.8 Å². The standard InChI is InChI=1S/C24H34N2O6/c1-5-15(4)16(13-27)26-20-22(29)25(14(2)3)11-8-10-24(20)19(21(26)28)18-17(32-24)9-6-7-12-31-23(18)30/h6,8-10,14-20,27H,5,7,11-13H2,1-4H3/t15-,16-,17-,18+,19-,20?,24-/m0/s1. The number of ether oxygens (including phenoxy) is 2. The Bertz CT molecular complexity index is 838. The van der Waals surface area contributed by atoms with Gasteiger partial charge >= 0.3 is 5.97 Å². The van der Waals surface area contributed by atoms with E-state index in [0.717, 1.165) is 6.42 Å². The summed E-state index contributed by atoms with van der Waals surface area (Å²) in [6, 6.07) is -1.57. The third kappa shape index (κ3) is 3.30. The van der Waals surface area contributed by atoms with Gasteiger partial charge in [0.1, 0.15) is 17.6 Å². The summed E-state index contributed by atoms with van der Waals surface area (Å²) >= 11 is 0. The van der Waals surface area contributed by atoms with Gasteiger partial charge in [-0.2, -0.15) is 0 Å². The van der Waals surface area contributed by atoms with Crippen LogP contribution in [0.3, 0.4) is 0 Å². The molecule has 1 N–H and O–H groups in total. The lowest BCUT2D eigenvalue weighted by molar-refractivity contribution is -0.157. The predicted octanol–water partition coefficient (Wildman–Crippen LogP) is 1.28. The van der Waals surface area contributed by atoms with Crippen molar-refractivity contribution in [2.75, 3.05) is 19.8 Å². The molecule has 0 bridgehead atoms. The number of rotatable bonds is 5. The van der Waals surface area contributed by atoms with Crippen molar-refractivity contribution in [3.05, 3.63) is 24.3 Å². The highest BCUT2D eigenvalue weighted by Gasteiger charge is 2.72. The van der Waals surface area contributed by atoms with Crippen molar-refractivity contribution < 1.29 is 29.0 Å². The second-order valence-electron chi connectivity index (χ2n) is 9.59. The molecule has 0 aliphatic carbocycles. The van der Waals surface area contributed by atoms with Crippen LogP contribution < -0.4 is 0 Å². The van der Waals surface area contributed by atoms with Crippen molar-refractivity contribution in [1.29, 1.82) is 0 Å². The van der Waals surface area contributed by atoms with Crippen LogP contribution in [0, 0.1) is 17.8 Å². The van der Waals surface area contributed by atoms with Crippen molar-refractivity contribution in [2.45, 2.75) is 70.4 Å². The number of carbonyl (C=O) groups excluding carboxylic acids is 3. The van der Waals surface area contributed by atoms with E-state index in [1.807, 2.05) is 52.0 Å². The Hall–Kier alpha value is -2.19. The van der Waals surface area contributed by atoms with Gasteiger partial charge in [0, 0.05) is 12.6 Å². The van der Waals surface area contributed by atoms with Gasteiger partial charge in [-0.15, -0.1) is 0 Å². The van der Waals surface area contributed by atoms with E-state index in [9.17, 15) is 19.5 Å². The van der Waals surface area contributed by atoms with E-state index >= 15 is 0 Å². The summed E-state index contributed by atoms with van der Waals surface area (Å²) in [5.74, 6) is -2.74. The first-order valence-electron chi connectivity index (χ1n) is 11.7. The second-order valence-corrected chi connectivity index (χ2v) is 9.59. The molecule has 8 nitrogen and oxygen atoms in total.